The van der Waals surface area contributed by atoms with Crippen molar-refractivity contribution in [2.45, 2.75) is 6.42 Å². The number of nitrogens with zero attached hydrogens (tertiary/aromatic N) is 1. The topological polar surface area (TPSA) is 52.0 Å². The monoisotopic (exact) mass is 174 g/mol. The highest BCUT2D eigenvalue weighted by Gasteiger charge is 1.97. The van der Waals surface area contributed by atoms with Crippen LogP contribution in [-0.4, -0.2) is 4.98 Å². The molecule has 0 aliphatic heterocycles. The van der Waals surface area contributed by atoms with Crippen LogP contribution in [0.5, 0.6) is 0 Å². The summed E-state index contributed by atoms with van der Waals surface area (Å²) in [5, 5.41) is 0. The van der Waals surface area contributed by atoms with Crippen LogP contribution in [0.15, 0.2) is 41.3 Å². The number of rotatable bonds is 2. The third-order valence-corrected chi connectivity index (χ3v) is 1.83. The molecule has 3 nitrogen and oxygen atoms in total. The third-order valence-electron chi connectivity index (χ3n) is 1.83. The quantitative estimate of drug-likeness (QED) is 0.755. The molecular formula is C10H10N2O. The van der Waals surface area contributed by atoms with E-state index in [1.807, 2.05) is 18.2 Å². The Balaban J connectivity index is 2.19. The van der Waals surface area contributed by atoms with Crippen molar-refractivity contribution in [1.82, 2.24) is 4.98 Å². The van der Waals surface area contributed by atoms with E-state index in [0.29, 0.717) is 5.82 Å². The van der Waals surface area contributed by atoms with Gasteiger partial charge in [-0.2, -0.15) is 0 Å². The lowest BCUT2D eigenvalue weighted by Gasteiger charge is -1.98. The summed E-state index contributed by atoms with van der Waals surface area (Å²) in [5.41, 5.74) is 7.84. The molecule has 2 aromatic rings. The van der Waals surface area contributed by atoms with Gasteiger partial charge in [0.15, 0.2) is 0 Å². The summed E-state index contributed by atoms with van der Waals surface area (Å²) in [6.45, 7) is 0. The molecular weight excluding hydrogens is 164 g/mol. The predicted molar refractivity (Wildman–Crippen MR) is 50.2 cm³/mol. The molecule has 0 amide bonds. The Kier molecular flexibility index (Phi) is 2.00. The third kappa shape index (κ3) is 1.87. The maximum Gasteiger partial charge on any atom is 0.123 e. The summed E-state index contributed by atoms with van der Waals surface area (Å²) in [5.74, 6) is 0.556. The van der Waals surface area contributed by atoms with E-state index in [0.717, 1.165) is 17.5 Å². The van der Waals surface area contributed by atoms with Crippen molar-refractivity contribution in [2.24, 2.45) is 0 Å². The average Bonchev–Trinajstić information content (AvgIpc) is 2.57. The van der Waals surface area contributed by atoms with Gasteiger partial charge in [-0.1, -0.05) is 0 Å². The second-order valence-corrected chi connectivity index (χ2v) is 2.90. The van der Waals surface area contributed by atoms with E-state index in [2.05, 4.69) is 4.98 Å². The Labute approximate surface area is 76.2 Å². The highest BCUT2D eigenvalue weighted by atomic mass is 16.3. The molecule has 2 N–H and O–H groups in total. The molecule has 2 heterocycles. The average molecular weight is 174 g/mol. The number of hydrogen-bond acceptors (Lipinski definition) is 3. The summed E-state index contributed by atoms with van der Waals surface area (Å²) in [6.07, 6.45) is 5.95. The van der Waals surface area contributed by atoms with E-state index in [1.165, 1.54) is 0 Å². The van der Waals surface area contributed by atoms with Crippen molar-refractivity contribution in [2.75, 3.05) is 5.73 Å². The fraction of sp³-hybridized carbons (Fsp3) is 0.100. The summed E-state index contributed by atoms with van der Waals surface area (Å²) in [4.78, 5) is 3.92. The minimum absolute atomic E-state index is 0.556. The summed E-state index contributed by atoms with van der Waals surface area (Å²) in [7, 11) is 0. The van der Waals surface area contributed by atoms with Crippen LogP contribution in [0.25, 0.3) is 0 Å². The van der Waals surface area contributed by atoms with Crippen LogP contribution in [0.4, 0.5) is 5.82 Å². The number of nitrogen functional groups attached to an aromatic ring is 1. The predicted octanol–water partition coefficient (Wildman–Crippen LogP) is 1.85. The van der Waals surface area contributed by atoms with Gasteiger partial charge in [0, 0.05) is 12.6 Å². The Bertz CT molecular complexity index is 382. The number of nitrogens with two attached hydrogens (primary N) is 1. The first-order chi connectivity index (χ1) is 6.34. The molecule has 0 radical (unpaired) electrons. The first-order valence-corrected chi connectivity index (χ1v) is 4.06. The molecule has 0 spiro atoms. The van der Waals surface area contributed by atoms with E-state index >= 15 is 0 Å². The van der Waals surface area contributed by atoms with Crippen LogP contribution in [0.2, 0.25) is 0 Å². The van der Waals surface area contributed by atoms with E-state index in [-0.39, 0.29) is 0 Å². The number of anilines is 1. The van der Waals surface area contributed by atoms with E-state index in [1.54, 1.807) is 18.7 Å². The van der Waals surface area contributed by atoms with Gasteiger partial charge >= 0.3 is 0 Å². The van der Waals surface area contributed by atoms with Crippen molar-refractivity contribution < 1.29 is 4.42 Å². The minimum Gasteiger partial charge on any atom is -0.472 e. The Morgan fingerprint density at radius 1 is 1.31 bits per heavy atom. The molecule has 0 saturated carbocycles. The number of furan rings is 1. The molecule has 0 atom stereocenters. The molecule has 0 aliphatic carbocycles. The van der Waals surface area contributed by atoms with Crippen LogP contribution < -0.4 is 5.73 Å². The molecule has 0 unspecified atom stereocenters. The van der Waals surface area contributed by atoms with Crippen molar-refractivity contribution in [3.8, 4) is 0 Å². The van der Waals surface area contributed by atoms with Crippen LogP contribution in [0.1, 0.15) is 11.1 Å². The van der Waals surface area contributed by atoms with Crippen LogP contribution >= 0.6 is 0 Å². The van der Waals surface area contributed by atoms with Gasteiger partial charge in [-0.3, -0.25) is 0 Å². The highest BCUT2D eigenvalue weighted by Crippen LogP contribution is 2.10. The van der Waals surface area contributed by atoms with Crippen molar-refractivity contribution in [3.05, 3.63) is 48.0 Å². The normalized spacial score (nSPS) is 10.2. The molecule has 0 saturated heterocycles. The van der Waals surface area contributed by atoms with E-state index in [9.17, 15) is 0 Å². The molecule has 0 bridgehead atoms. The molecule has 2 aromatic heterocycles. The number of aromatic nitrogens is 1. The Morgan fingerprint density at radius 3 is 2.92 bits per heavy atom. The fourth-order valence-corrected chi connectivity index (χ4v) is 1.23. The highest BCUT2D eigenvalue weighted by molar-refractivity contribution is 5.34. The van der Waals surface area contributed by atoms with Gasteiger partial charge in [-0.05, 0) is 29.3 Å². The maximum atomic E-state index is 5.55. The minimum atomic E-state index is 0.556. The van der Waals surface area contributed by atoms with Crippen molar-refractivity contribution in [1.29, 1.82) is 0 Å². The second kappa shape index (κ2) is 3.31. The zero-order chi connectivity index (χ0) is 9.10. The molecule has 13 heavy (non-hydrogen) atoms. The lowest BCUT2D eigenvalue weighted by atomic mass is 10.1. The zero-order valence-corrected chi connectivity index (χ0v) is 7.10. The first kappa shape index (κ1) is 7.86. The van der Waals surface area contributed by atoms with Crippen LogP contribution in [-0.2, 0) is 6.42 Å². The van der Waals surface area contributed by atoms with Gasteiger partial charge in [0.25, 0.3) is 0 Å². The zero-order valence-electron chi connectivity index (χ0n) is 7.10. The van der Waals surface area contributed by atoms with Gasteiger partial charge < -0.3 is 10.2 Å². The van der Waals surface area contributed by atoms with Gasteiger partial charge in [-0.15, -0.1) is 0 Å². The maximum absolute atomic E-state index is 5.55. The molecule has 0 aromatic carbocycles. The Morgan fingerprint density at radius 2 is 2.23 bits per heavy atom. The summed E-state index contributed by atoms with van der Waals surface area (Å²) in [6, 6.07) is 5.76. The molecule has 2 rings (SSSR count). The smallest absolute Gasteiger partial charge is 0.123 e. The standard InChI is InChI=1S/C10H10N2O/c11-10-6-8(1-3-12-10)5-9-2-4-13-7-9/h1-4,6-7H,5H2,(H2,11,12). The second-order valence-electron chi connectivity index (χ2n) is 2.90. The van der Waals surface area contributed by atoms with Crippen molar-refractivity contribution >= 4 is 5.82 Å². The molecule has 0 aliphatic rings. The SMILES string of the molecule is Nc1cc(Cc2ccoc2)ccn1. The molecule has 3 heteroatoms. The van der Waals surface area contributed by atoms with Gasteiger partial charge in [0.2, 0.25) is 0 Å². The number of pyridine rings is 1. The van der Waals surface area contributed by atoms with Gasteiger partial charge in [-0.25, -0.2) is 4.98 Å². The molecule has 66 valence electrons. The largest absolute Gasteiger partial charge is 0.472 e. The van der Waals surface area contributed by atoms with E-state index in [4.69, 9.17) is 10.2 Å². The van der Waals surface area contributed by atoms with Crippen LogP contribution in [0, 0.1) is 0 Å². The summed E-state index contributed by atoms with van der Waals surface area (Å²) >= 11 is 0. The van der Waals surface area contributed by atoms with E-state index < -0.39 is 0 Å². The lowest BCUT2D eigenvalue weighted by molar-refractivity contribution is 0.564. The van der Waals surface area contributed by atoms with Gasteiger partial charge in [0.05, 0.1) is 12.5 Å². The van der Waals surface area contributed by atoms with Crippen molar-refractivity contribution in [3.63, 3.8) is 0 Å². The fourth-order valence-electron chi connectivity index (χ4n) is 1.23. The van der Waals surface area contributed by atoms with Crippen LogP contribution in [0.3, 0.4) is 0 Å². The summed E-state index contributed by atoms with van der Waals surface area (Å²) < 4.78 is 4.97. The first-order valence-electron chi connectivity index (χ1n) is 4.06. The van der Waals surface area contributed by atoms with Gasteiger partial charge in [0.1, 0.15) is 5.82 Å². The number of hydrogen-bond donors (Lipinski definition) is 1. The lowest BCUT2D eigenvalue weighted by Crippen LogP contribution is -1.92. The molecule has 0 fully saturated rings. The Hall–Kier alpha value is -1.77.